The van der Waals surface area contributed by atoms with Gasteiger partial charge < -0.3 is 10.1 Å². The smallest absolute Gasteiger partial charge is 0.375 e. The molecule has 0 aromatic carbocycles. The third-order valence-corrected chi connectivity index (χ3v) is 1.49. The zero-order chi connectivity index (χ0) is 9.97. The average molecular weight is 191 g/mol. The van der Waals surface area contributed by atoms with E-state index in [9.17, 15) is 4.79 Å². The fraction of sp³-hybridized carbons (Fsp3) is 0. The van der Waals surface area contributed by atoms with Gasteiger partial charge in [-0.15, -0.1) is 10.2 Å². The van der Waals surface area contributed by atoms with Gasteiger partial charge in [0, 0.05) is 12.4 Å². The van der Waals surface area contributed by atoms with Crippen molar-refractivity contribution >= 4 is 5.97 Å². The Bertz CT molecular complexity index is 436. The number of carbonyl (C=O) groups is 1. The molecule has 0 saturated heterocycles. The highest BCUT2D eigenvalue weighted by molar-refractivity contribution is 5.82. The van der Waals surface area contributed by atoms with Crippen molar-refractivity contribution in [2.45, 2.75) is 0 Å². The van der Waals surface area contributed by atoms with Gasteiger partial charge in [-0.1, -0.05) is 0 Å². The Morgan fingerprint density at radius 3 is 2.71 bits per heavy atom. The number of H-pyrrole nitrogens is 1. The summed E-state index contributed by atoms with van der Waals surface area (Å²) in [6, 6.07) is 0. The van der Waals surface area contributed by atoms with Gasteiger partial charge in [-0.2, -0.15) is 0 Å². The molecule has 0 radical (unpaired) electrons. The molecule has 0 saturated carbocycles. The first-order valence-electron chi connectivity index (χ1n) is 3.70. The highest BCUT2D eigenvalue weighted by Crippen LogP contribution is 2.07. The lowest BCUT2D eigenvalue weighted by Crippen LogP contribution is -2.05. The molecule has 14 heavy (non-hydrogen) atoms. The van der Waals surface area contributed by atoms with Crippen molar-refractivity contribution in [2.24, 2.45) is 0 Å². The van der Waals surface area contributed by atoms with Gasteiger partial charge in [0.25, 0.3) is 5.82 Å². The lowest BCUT2D eigenvalue weighted by atomic mass is 10.4. The summed E-state index contributed by atoms with van der Waals surface area (Å²) < 4.78 is 0. The average Bonchev–Trinajstić information content (AvgIpc) is 2.71. The number of rotatable bonds is 2. The molecule has 0 amide bonds. The molecular formula is C7H5N5O2. The van der Waals surface area contributed by atoms with E-state index in [0.29, 0.717) is 11.5 Å². The summed E-state index contributed by atoms with van der Waals surface area (Å²) in [5.74, 6) is -1.04. The van der Waals surface area contributed by atoms with E-state index in [4.69, 9.17) is 5.11 Å². The minimum atomic E-state index is -1.21. The topological polar surface area (TPSA) is 105 Å². The molecule has 2 N–H and O–H groups in total. The molecule has 0 aliphatic rings. The van der Waals surface area contributed by atoms with E-state index in [0.717, 1.165) is 0 Å². The van der Waals surface area contributed by atoms with Crippen LogP contribution in [0.2, 0.25) is 0 Å². The second-order valence-corrected chi connectivity index (χ2v) is 2.41. The summed E-state index contributed by atoms with van der Waals surface area (Å²) in [5, 5.41) is 15.6. The molecule has 0 aliphatic heterocycles. The van der Waals surface area contributed by atoms with Crippen molar-refractivity contribution in [1.82, 2.24) is 25.1 Å². The number of aromatic carboxylic acids is 1. The molecule has 0 atom stereocenters. The van der Waals surface area contributed by atoms with Crippen LogP contribution in [0.3, 0.4) is 0 Å². The highest BCUT2D eigenvalue weighted by Gasteiger charge is 2.08. The maximum absolute atomic E-state index is 10.4. The summed E-state index contributed by atoms with van der Waals surface area (Å²) in [6.45, 7) is 0. The van der Waals surface area contributed by atoms with Gasteiger partial charge in [-0.05, 0) is 0 Å². The van der Waals surface area contributed by atoms with Crippen LogP contribution in [0.4, 0.5) is 0 Å². The zero-order valence-corrected chi connectivity index (χ0v) is 6.88. The quantitative estimate of drug-likeness (QED) is 0.690. The van der Waals surface area contributed by atoms with Crippen molar-refractivity contribution in [1.29, 1.82) is 0 Å². The van der Waals surface area contributed by atoms with E-state index < -0.39 is 5.97 Å². The number of aromatic amines is 1. The van der Waals surface area contributed by atoms with Crippen LogP contribution < -0.4 is 0 Å². The summed E-state index contributed by atoms with van der Waals surface area (Å²) >= 11 is 0. The van der Waals surface area contributed by atoms with Gasteiger partial charge in [-0.25, -0.2) is 14.8 Å². The van der Waals surface area contributed by atoms with Crippen molar-refractivity contribution < 1.29 is 9.90 Å². The molecule has 0 fully saturated rings. The van der Waals surface area contributed by atoms with Gasteiger partial charge in [0.1, 0.15) is 5.69 Å². The second-order valence-electron chi connectivity index (χ2n) is 2.41. The number of aromatic nitrogens is 5. The van der Waals surface area contributed by atoms with Gasteiger partial charge in [0.05, 0.1) is 6.20 Å². The Hall–Kier alpha value is -2.31. The van der Waals surface area contributed by atoms with Gasteiger partial charge in [0.2, 0.25) is 0 Å². The van der Waals surface area contributed by atoms with E-state index in [1.807, 2.05) is 0 Å². The molecule has 7 heteroatoms. The molecule has 7 nitrogen and oxygen atoms in total. The first-order chi connectivity index (χ1) is 6.77. The number of carboxylic acids is 1. The van der Waals surface area contributed by atoms with E-state index in [2.05, 4.69) is 25.1 Å². The Balaban J connectivity index is 2.36. The number of nitrogens with one attached hydrogen (secondary N) is 1. The van der Waals surface area contributed by atoms with E-state index in [1.54, 1.807) is 12.4 Å². The number of nitrogens with zero attached hydrogens (tertiary/aromatic N) is 4. The number of carboxylic acid groups (broad SMARTS) is 1. The van der Waals surface area contributed by atoms with Crippen LogP contribution in [-0.4, -0.2) is 36.2 Å². The molecule has 2 aromatic rings. The maximum atomic E-state index is 10.4. The fourth-order valence-corrected chi connectivity index (χ4v) is 0.887. The number of imidazole rings is 1. The second kappa shape index (κ2) is 3.21. The van der Waals surface area contributed by atoms with Gasteiger partial charge in [-0.3, -0.25) is 0 Å². The lowest BCUT2D eigenvalue weighted by Gasteiger charge is -1.94. The molecule has 0 bridgehead atoms. The summed E-state index contributed by atoms with van der Waals surface area (Å²) in [4.78, 5) is 20.7. The molecule has 2 heterocycles. The van der Waals surface area contributed by atoms with Crippen molar-refractivity contribution in [3.63, 3.8) is 0 Å². The molecular weight excluding hydrogens is 186 g/mol. The first kappa shape index (κ1) is 8.30. The van der Waals surface area contributed by atoms with E-state index >= 15 is 0 Å². The number of hydrogen-bond acceptors (Lipinski definition) is 5. The predicted octanol–water partition coefficient (Wildman–Crippen LogP) is -0.0401. The molecule has 2 aromatic heterocycles. The van der Waals surface area contributed by atoms with Crippen molar-refractivity contribution in [3.8, 4) is 11.5 Å². The molecule has 0 aliphatic carbocycles. The van der Waals surface area contributed by atoms with Gasteiger partial charge in [0.15, 0.2) is 5.82 Å². The highest BCUT2D eigenvalue weighted by atomic mass is 16.4. The SMILES string of the molecule is O=C(O)c1ncc(-c2ncc[nH]2)nn1. The third kappa shape index (κ3) is 1.42. The first-order valence-corrected chi connectivity index (χ1v) is 3.70. The van der Waals surface area contributed by atoms with Crippen LogP contribution in [0.25, 0.3) is 11.5 Å². The number of hydrogen-bond donors (Lipinski definition) is 2. The minimum Gasteiger partial charge on any atom is -0.475 e. The molecule has 0 spiro atoms. The van der Waals surface area contributed by atoms with Crippen LogP contribution in [0.5, 0.6) is 0 Å². The van der Waals surface area contributed by atoms with Crippen LogP contribution in [-0.2, 0) is 0 Å². The van der Waals surface area contributed by atoms with Crippen molar-refractivity contribution in [2.75, 3.05) is 0 Å². The van der Waals surface area contributed by atoms with Crippen LogP contribution in [0, 0.1) is 0 Å². The summed E-state index contributed by atoms with van der Waals surface area (Å²) in [5.41, 5.74) is 0.403. The third-order valence-electron chi connectivity index (χ3n) is 1.49. The Morgan fingerprint density at radius 2 is 2.21 bits per heavy atom. The Morgan fingerprint density at radius 1 is 1.36 bits per heavy atom. The Labute approximate surface area is 77.9 Å². The normalized spacial score (nSPS) is 10.0. The zero-order valence-electron chi connectivity index (χ0n) is 6.88. The standard InChI is InChI=1S/C7H5N5O2/c13-7(14)6-10-3-4(11-12-6)5-8-1-2-9-5/h1-3H,(H,8,9)(H,13,14). The van der Waals surface area contributed by atoms with Crippen molar-refractivity contribution in [3.05, 3.63) is 24.4 Å². The summed E-state index contributed by atoms with van der Waals surface area (Å²) in [7, 11) is 0. The van der Waals surface area contributed by atoms with E-state index in [1.165, 1.54) is 6.20 Å². The monoisotopic (exact) mass is 191 g/mol. The lowest BCUT2D eigenvalue weighted by molar-refractivity contribution is 0.0682. The molecule has 0 unspecified atom stereocenters. The van der Waals surface area contributed by atoms with Crippen LogP contribution in [0.15, 0.2) is 18.6 Å². The fourth-order valence-electron chi connectivity index (χ4n) is 0.887. The van der Waals surface area contributed by atoms with E-state index in [-0.39, 0.29) is 5.82 Å². The minimum absolute atomic E-state index is 0.333. The molecule has 2 rings (SSSR count). The predicted molar refractivity (Wildman–Crippen MR) is 44.4 cm³/mol. The van der Waals surface area contributed by atoms with Crippen LogP contribution >= 0.6 is 0 Å². The summed E-state index contributed by atoms with van der Waals surface area (Å²) in [6.07, 6.45) is 4.49. The molecule has 70 valence electrons. The van der Waals surface area contributed by atoms with Gasteiger partial charge >= 0.3 is 5.97 Å². The largest absolute Gasteiger partial charge is 0.475 e. The maximum Gasteiger partial charge on any atom is 0.375 e. The van der Waals surface area contributed by atoms with Crippen LogP contribution in [0.1, 0.15) is 10.6 Å². The Kier molecular flexibility index (Phi) is 1.90.